The van der Waals surface area contributed by atoms with Gasteiger partial charge in [-0.25, -0.2) is 0 Å². The molecule has 0 aliphatic heterocycles. The van der Waals surface area contributed by atoms with E-state index in [1.165, 1.54) is 6.07 Å². The minimum atomic E-state index is -4.39. The molecule has 3 nitrogen and oxygen atoms in total. The fourth-order valence-corrected chi connectivity index (χ4v) is 2.11. The first-order valence-electron chi connectivity index (χ1n) is 6.61. The molecular formula is C16H15F3N2O. The Bertz CT molecular complexity index is 641. The van der Waals surface area contributed by atoms with Crippen LogP contribution in [0, 0.1) is 0 Å². The van der Waals surface area contributed by atoms with Gasteiger partial charge in [0.05, 0.1) is 5.56 Å². The number of primary amides is 1. The molecule has 0 saturated carbocycles. The van der Waals surface area contributed by atoms with Crippen molar-refractivity contribution >= 4 is 5.91 Å². The van der Waals surface area contributed by atoms with Crippen LogP contribution < -0.4 is 11.1 Å². The maximum absolute atomic E-state index is 12.7. The van der Waals surface area contributed by atoms with E-state index in [0.29, 0.717) is 11.1 Å². The van der Waals surface area contributed by atoms with Crippen LogP contribution in [0.2, 0.25) is 0 Å². The maximum Gasteiger partial charge on any atom is 0.416 e. The predicted molar refractivity (Wildman–Crippen MR) is 76.7 cm³/mol. The van der Waals surface area contributed by atoms with Crippen LogP contribution in [0.3, 0.4) is 0 Å². The lowest BCUT2D eigenvalue weighted by molar-refractivity contribution is -0.137. The summed E-state index contributed by atoms with van der Waals surface area (Å²) in [5.41, 5.74) is 5.73. The van der Waals surface area contributed by atoms with Gasteiger partial charge >= 0.3 is 6.18 Å². The molecule has 0 bridgehead atoms. The SMILES string of the molecule is NC(=O)[C@H](NCc1cccc(C(F)(F)F)c1)c1ccccc1. The number of benzene rings is 2. The number of alkyl halides is 3. The summed E-state index contributed by atoms with van der Waals surface area (Å²) in [5.74, 6) is -0.585. The zero-order chi connectivity index (χ0) is 16.2. The van der Waals surface area contributed by atoms with Crippen molar-refractivity contribution in [3.8, 4) is 0 Å². The minimum Gasteiger partial charge on any atom is -0.368 e. The van der Waals surface area contributed by atoms with Gasteiger partial charge in [0.2, 0.25) is 5.91 Å². The van der Waals surface area contributed by atoms with E-state index in [4.69, 9.17) is 5.73 Å². The Morgan fingerprint density at radius 1 is 1.09 bits per heavy atom. The molecule has 6 heteroatoms. The van der Waals surface area contributed by atoms with Crippen LogP contribution >= 0.6 is 0 Å². The topological polar surface area (TPSA) is 55.1 Å². The lowest BCUT2D eigenvalue weighted by atomic mass is 10.1. The van der Waals surface area contributed by atoms with Crippen molar-refractivity contribution < 1.29 is 18.0 Å². The molecule has 0 unspecified atom stereocenters. The summed E-state index contributed by atoms with van der Waals surface area (Å²) in [5, 5.41) is 2.89. The van der Waals surface area contributed by atoms with E-state index in [1.54, 1.807) is 36.4 Å². The summed E-state index contributed by atoms with van der Waals surface area (Å²) >= 11 is 0. The normalized spacial score (nSPS) is 12.9. The molecule has 2 aromatic rings. The van der Waals surface area contributed by atoms with Gasteiger partial charge in [-0.3, -0.25) is 10.1 Å². The standard InChI is InChI=1S/C16H15F3N2O/c17-16(18,19)13-8-4-5-11(9-13)10-21-14(15(20)22)12-6-2-1-3-7-12/h1-9,14,21H,10H2,(H2,20,22)/t14-/m1/s1. The Morgan fingerprint density at radius 2 is 1.77 bits per heavy atom. The van der Waals surface area contributed by atoms with Crippen LogP contribution in [0.5, 0.6) is 0 Å². The number of halogens is 3. The fourth-order valence-electron chi connectivity index (χ4n) is 2.11. The van der Waals surface area contributed by atoms with Crippen LogP contribution in [0.25, 0.3) is 0 Å². The Balaban J connectivity index is 2.12. The molecule has 0 aliphatic carbocycles. The molecule has 0 radical (unpaired) electrons. The Kier molecular flexibility index (Phi) is 4.82. The van der Waals surface area contributed by atoms with Gasteiger partial charge in [-0.05, 0) is 17.2 Å². The van der Waals surface area contributed by atoms with Crippen molar-refractivity contribution in [3.05, 3.63) is 71.3 Å². The Labute approximate surface area is 125 Å². The molecule has 2 aromatic carbocycles. The highest BCUT2D eigenvalue weighted by Gasteiger charge is 2.30. The summed E-state index contributed by atoms with van der Waals surface area (Å²) in [6.45, 7) is 0.104. The average Bonchev–Trinajstić information content (AvgIpc) is 2.48. The van der Waals surface area contributed by atoms with Crippen molar-refractivity contribution in [3.63, 3.8) is 0 Å². The monoisotopic (exact) mass is 308 g/mol. The first kappa shape index (κ1) is 16.0. The zero-order valence-corrected chi connectivity index (χ0v) is 11.6. The lowest BCUT2D eigenvalue weighted by Crippen LogP contribution is -2.33. The molecular weight excluding hydrogens is 293 g/mol. The van der Waals surface area contributed by atoms with Gasteiger partial charge in [-0.2, -0.15) is 13.2 Å². The second-order valence-electron chi connectivity index (χ2n) is 4.83. The van der Waals surface area contributed by atoms with E-state index in [2.05, 4.69) is 5.32 Å². The van der Waals surface area contributed by atoms with Gasteiger partial charge in [0, 0.05) is 6.54 Å². The van der Waals surface area contributed by atoms with E-state index >= 15 is 0 Å². The number of carbonyl (C=O) groups excluding carboxylic acids is 1. The molecule has 0 spiro atoms. The Morgan fingerprint density at radius 3 is 2.36 bits per heavy atom. The van der Waals surface area contributed by atoms with Crippen molar-refractivity contribution in [2.45, 2.75) is 18.8 Å². The molecule has 0 fully saturated rings. The molecule has 116 valence electrons. The number of amides is 1. The van der Waals surface area contributed by atoms with Gasteiger partial charge in [-0.15, -0.1) is 0 Å². The first-order chi connectivity index (χ1) is 10.4. The third-order valence-electron chi connectivity index (χ3n) is 3.18. The van der Waals surface area contributed by atoms with E-state index in [9.17, 15) is 18.0 Å². The first-order valence-corrected chi connectivity index (χ1v) is 6.61. The highest BCUT2D eigenvalue weighted by molar-refractivity contribution is 5.81. The van der Waals surface area contributed by atoms with Crippen molar-refractivity contribution in [1.82, 2.24) is 5.32 Å². The second-order valence-corrected chi connectivity index (χ2v) is 4.83. The third kappa shape index (κ3) is 4.08. The number of nitrogens with one attached hydrogen (secondary N) is 1. The number of nitrogens with two attached hydrogens (primary N) is 1. The highest BCUT2D eigenvalue weighted by atomic mass is 19.4. The fraction of sp³-hybridized carbons (Fsp3) is 0.188. The van der Waals surface area contributed by atoms with Crippen molar-refractivity contribution in [1.29, 1.82) is 0 Å². The van der Waals surface area contributed by atoms with Gasteiger partial charge in [0.25, 0.3) is 0 Å². The molecule has 1 amide bonds. The molecule has 2 rings (SSSR count). The summed E-state index contributed by atoms with van der Waals surface area (Å²) < 4.78 is 38.0. The number of hydrogen-bond acceptors (Lipinski definition) is 2. The predicted octanol–water partition coefficient (Wildman–Crippen LogP) is 3.02. The van der Waals surface area contributed by atoms with Gasteiger partial charge in [-0.1, -0.05) is 48.5 Å². The van der Waals surface area contributed by atoms with Gasteiger partial charge < -0.3 is 5.73 Å². The van der Waals surface area contributed by atoms with Crippen LogP contribution in [-0.2, 0) is 17.5 Å². The van der Waals surface area contributed by atoms with E-state index in [0.717, 1.165) is 12.1 Å². The van der Waals surface area contributed by atoms with Crippen LogP contribution in [0.15, 0.2) is 54.6 Å². The lowest BCUT2D eigenvalue weighted by Gasteiger charge is -2.16. The second kappa shape index (κ2) is 6.62. The minimum absolute atomic E-state index is 0.104. The average molecular weight is 308 g/mol. The molecule has 0 aliphatic rings. The smallest absolute Gasteiger partial charge is 0.368 e. The van der Waals surface area contributed by atoms with Crippen molar-refractivity contribution in [2.75, 3.05) is 0 Å². The number of carbonyl (C=O) groups is 1. The van der Waals surface area contributed by atoms with Gasteiger partial charge in [0.1, 0.15) is 6.04 Å². The quantitative estimate of drug-likeness (QED) is 0.892. The van der Waals surface area contributed by atoms with E-state index < -0.39 is 23.7 Å². The molecule has 3 N–H and O–H groups in total. The largest absolute Gasteiger partial charge is 0.416 e. The molecule has 0 saturated heterocycles. The summed E-state index contributed by atoms with van der Waals surface area (Å²) in [6, 6.07) is 13.0. The van der Waals surface area contributed by atoms with Crippen molar-refractivity contribution in [2.24, 2.45) is 5.73 Å². The number of hydrogen-bond donors (Lipinski definition) is 2. The molecule has 0 aromatic heterocycles. The van der Waals surface area contributed by atoms with Crippen LogP contribution in [0.1, 0.15) is 22.7 Å². The van der Waals surface area contributed by atoms with Crippen LogP contribution in [-0.4, -0.2) is 5.91 Å². The third-order valence-corrected chi connectivity index (χ3v) is 3.18. The molecule has 0 heterocycles. The maximum atomic E-state index is 12.7. The molecule has 22 heavy (non-hydrogen) atoms. The highest BCUT2D eigenvalue weighted by Crippen LogP contribution is 2.29. The number of rotatable bonds is 5. The summed E-state index contributed by atoms with van der Waals surface area (Å²) in [7, 11) is 0. The van der Waals surface area contributed by atoms with E-state index in [1.807, 2.05) is 0 Å². The zero-order valence-electron chi connectivity index (χ0n) is 11.6. The summed E-state index contributed by atoms with van der Waals surface area (Å²) in [6.07, 6.45) is -4.39. The van der Waals surface area contributed by atoms with Gasteiger partial charge in [0.15, 0.2) is 0 Å². The van der Waals surface area contributed by atoms with Crippen LogP contribution in [0.4, 0.5) is 13.2 Å². The Hall–Kier alpha value is -2.34. The molecule has 1 atom stereocenters. The van der Waals surface area contributed by atoms with E-state index in [-0.39, 0.29) is 6.54 Å². The summed E-state index contributed by atoms with van der Waals surface area (Å²) in [4.78, 5) is 11.5.